The highest BCUT2D eigenvalue weighted by molar-refractivity contribution is 5.96. The zero-order valence-corrected chi connectivity index (χ0v) is 13.1. The molecule has 2 amide bonds. The molecule has 1 aliphatic heterocycles. The number of carbonyl (C=O) groups is 2. The summed E-state index contributed by atoms with van der Waals surface area (Å²) in [7, 11) is 0. The Bertz CT molecular complexity index is 538. The number of benzene rings is 1. The van der Waals surface area contributed by atoms with E-state index in [0.29, 0.717) is 25.9 Å². The second-order valence-electron chi connectivity index (χ2n) is 6.76. The highest BCUT2D eigenvalue weighted by Crippen LogP contribution is 2.27. The number of hydrogen-bond donors (Lipinski definition) is 1. The fourth-order valence-electron chi connectivity index (χ4n) is 2.86. The van der Waals surface area contributed by atoms with Crippen LogP contribution in [0.5, 0.6) is 0 Å². The van der Waals surface area contributed by atoms with Gasteiger partial charge in [0, 0.05) is 24.6 Å². The second kappa shape index (κ2) is 5.88. The molecule has 114 valence electrons. The molecule has 0 atom stereocenters. The molecular weight excluding hydrogens is 264 g/mol. The molecule has 0 spiro atoms. The summed E-state index contributed by atoms with van der Waals surface area (Å²) in [4.78, 5) is 25.8. The Morgan fingerprint density at radius 2 is 1.71 bits per heavy atom. The monoisotopic (exact) mass is 288 g/mol. The lowest BCUT2D eigenvalue weighted by molar-refractivity contribution is -0.123. The normalized spacial score (nSPS) is 16.8. The van der Waals surface area contributed by atoms with E-state index in [0.717, 1.165) is 11.1 Å². The highest BCUT2D eigenvalue weighted by Gasteiger charge is 2.29. The quantitative estimate of drug-likeness (QED) is 0.907. The molecule has 1 fully saturated rings. The van der Waals surface area contributed by atoms with E-state index in [1.165, 1.54) is 0 Å². The smallest absolute Gasteiger partial charge is 0.254 e. The number of carbonyl (C=O) groups excluding carboxylic acids is 2. The number of piperidine rings is 1. The molecule has 1 aromatic rings. The zero-order chi connectivity index (χ0) is 15.6. The molecule has 1 saturated heterocycles. The average Bonchev–Trinajstić information content (AvgIpc) is 2.45. The van der Waals surface area contributed by atoms with Crippen molar-refractivity contribution in [2.24, 2.45) is 11.7 Å². The van der Waals surface area contributed by atoms with Crippen molar-refractivity contribution in [3.05, 3.63) is 35.4 Å². The maximum Gasteiger partial charge on any atom is 0.254 e. The van der Waals surface area contributed by atoms with Crippen molar-refractivity contribution < 1.29 is 9.59 Å². The minimum Gasteiger partial charge on any atom is -0.369 e. The summed E-state index contributed by atoms with van der Waals surface area (Å²) in [5, 5.41) is 0. The van der Waals surface area contributed by atoms with Gasteiger partial charge in [0.25, 0.3) is 5.91 Å². The summed E-state index contributed by atoms with van der Waals surface area (Å²) in [6.45, 7) is 7.53. The summed E-state index contributed by atoms with van der Waals surface area (Å²) < 4.78 is 0. The summed E-state index contributed by atoms with van der Waals surface area (Å²) >= 11 is 0. The van der Waals surface area contributed by atoms with Crippen molar-refractivity contribution in [1.29, 1.82) is 0 Å². The fourth-order valence-corrected chi connectivity index (χ4v) is 2.86. The molecule has 0 unspecified atom stereocenters. The molecule has 0 saturated carbocycles. The number of likely N-dealkylation sites (tertiary alicyclic amines) is 1. The van der Waals surface area contributed by atoms with Gasteiger partial charge in [0.2, 0.25) is 5.91 Å². The molecule has 2 rings (SSSR count). The van der Waals surface area contributed by atoms with Gasteiger partial charge in [-0.2, -0.15) is 0 Å². The van der Waals surface area contributed by atoms with E-state index in [-0.39, 0.29) is 23.1 Å². The lowest BCUT2D eigenvalue weighted by atomic mass is 9.83. The summed E-state index contributed by atoms with van der Waals surface area (Å²) in [6.07, 6.45) is 1.33. The van der Waals surface area contributed by atoms with E-state index in [1.807, 2.05) is 29.2 Å². The van der Waals surface area contributed by atoms with E-state index < -0.39 is 0 Å². The van der Waals surface area contributed by atoms with E-state index in [9.17, 15) is 9.59 Å². The number of rotatable bonds is 2. The van der Waals surface area contributed by atoms with Gasteiger partial charge in [-0.25, -0.2) is 0 Å². The van der Waals surface area contributed by atoms with Crippen LogP contribution in [0.15, 0.2) is 24.3 Å². The van der Waals surface area contributed by atoms with Crippen LogP contribution in [-0.4, -0.2) is 29.8 Å². The van der Waals surface area contributed by atoms with Crippen molar-refractivity contribution in [1.82, 2.24) is 4.90 Å². The SMILES string of the molecule is CC(C)(C)c1ccccc1C(=O)N1CCC(C(N)=O)CC1. The number of hydrogen-bond acceptors (Lipinski definition) is 2. The molecule has 21 heavy (non-hydrogen) atoms. The summed E-state index contributed by atoms with van der Waals surface area (Å²) in [5.41, 5.74) is 7.10. The third-order valence-corrected chi connectivity index (χ3v) is 4.15. The summed E-state index contributed by atoms with van der Waals surface area (Å²) in [6, 6.07) is 7.78. The average molecular weight is 288 g/mol. The van der Waals surface area contributed by atoms with Crippen LogP contribution >= 0.6 is 0 Å². The first-order valence-corrected chi connectivity index (χ1v) is 7.49. The first-order valence-electron chi connectivity index (χ1n) is 7.49. The lowest BCUT2D eigenvalue weighted by Crippen LogP contribution is -2.42. The van der Waals surface area contributed by atoms with E-state index in [2.05, 4.69) is 20.8 Å². The van der Waals surface area contributed by atoms with Crippen molar-refractivity contribution in [3.8, 4) is 0 Å². The number of nitrogens with zero attached hydrogens (tertiary/aromatic N) is 1. The highest BCUT2D eigenvalue weighted by atomic mass is 16.2. The number of primary amides is 1. The first kappa shape index (κ1) is 15.5. The minimum absolute atomic E-state index is 0.0587. The third kappa shape index (κ3) is 3.43. The topological polar surface area (TPSA) is 63.4 Å². The van der Waals surface area contributed by atoms with Crippen LogP contribution in [0.4, 0.5) is 0 Å². The van der Waals surface area contributed by atoms with Crippen molar-refractivity contribution in [2.75, 3.05) is 13.1 Å². The van der Waals surface area contributed by atoms with Crippen molar-refractivity contribution in [2.45, 2.75) is 39.0 Å². The van der Waals surface area contributed by atoms with Crippen LogP contribution in [0.2, 0.25) is 0 Å². The van der Waals surface area contributed by atoms with Gasteiger partial charge < -0.3 is 10.6 Å². The van der Waals surface area contributed by atoms with Gasteiger partial charge in [-0.3, -0.25) is 9.59 Å². The third-order valence-electron chi connectivity index (χ3n) is 4.15. The Balaban J connectivity index is 2.17. The lowest BCUT2D eigenvalue weighted by Gasteiger charge is -2.32. The molecule has 0 aromatic heterocycles. The maximum atomic E-state index is 12.8. The molecule has 1 aromatic carbocycles. The van der Waals surface area contributed by atoms with E-state index >= 15 is 0 Å². The van der Waals surface area contributed by atoms with E-state index in [1.54, 1.807) is 0 Å². The van der Waals surface area contributed by atoms with E-state index in [4.69, 9.17) is 5.73 Å². The molecule has 1 aliphatic rings. The second-order valence-corrected chi connectivity index (χ2v) is 6.76. The minimum atomic E-state index is -0.253. The van der Waals surface area contributed by atoms with Gasteiger partial charge in [-0.1, -0.05) is 39.0 Å². The van der Waals surface area contributed by atoms with Gasteiger partial charge >= 0.3 is 0 Å². The Morgan fingerprint density at radius 3 is 2.24 bits per heavy atom. The predicted molar refractivity (Wildman–Crippen MR) is 83.0 cm³/mol. The van der Waals surface area contributed by atoms with Crippen LogP contribution in [0, 0.1) is 5.92 Å². The molecule has 4 nitrogen and oxygen atoms in total. The van der Waals surface area contributed by atoms with Crippen molar-refractivity contribution >= 4 is 11.8 Å². The largest absolute Gasteiger partial charge is 0.369 e. The van der Waals surface area contributed by atoms with Gasteiger partial charge in [-0.05, 0) is 29.9 Å². The predicted octanol–water partition coefficient (Wildman–Crippen LogP) is 2.32. The molecule has 1 heterocycles. The number of nitrogens with two attached hydrogens (primary N) is 1. The molecule has 2 N–H and O–H groups in total. The molecule has 0 bridgehead atoms. The van der Waals surface area contributed by atoms with Crippen molar-refractivity contribution in [3.63, 3.8) is 0 Å². The summed E-state index contributed by atoms with van der Waals surface area (Å²) in [5.74, 6) is -0.285. The maximum absolute atomic E-state index is 12.8. The first-order chi connectivity index (χ1) is 9.80. The Kier molecular flexibility index (Phi) is 4.35. The fraction of sp³-hybridized carbons (Fsp3) is 0.529. The zero-order valence-electron chi connectivity index (χ0n) is 13.1. The van der Waals surface area contributed by atoms with Crippen LogP contribution in [-0.2, 0) is 10.2 Å². The van der Waals surface area contributed by atoms with Gasteiger partial charge in [0.1, 0.15) is 0 Å². The Hall–Kier alpha value is -1.84. The van der Waals surface area contributed by atoms with Gasteiger partial charge in [0.05, 0.1) is 0 Å². The standard InChI is InChI=1S/C17H24N2O2/c1-17(2,3)14-7-5-4-6-13(14)16(21)19-10-8-12(9-11-19)15(18)20/h4-7,12H,8-11H2,1-3H3,(H2,18,20). The molecular formula is C17H24N2O2. The Morgan fingerprint density at radius 1 is 1.14 bits per heavy atom. The number of amides is 2. The van der Waals surface area contributed by atoms with Crippen LogP contribution < -0.4 is 5.73 Å². The molecule has 0 radical (unpaired) electrons. The molecule has 0 aliphatic carbocycles. The van der Waals surface area contributed by atoms with Crippen LogP contribution in [0.3, 0.4) is 0 Å². The van der Waals surface area contributed by atoms with Crippen LogP contribution in [0.1, 0.15) is 49.5 Å². The molecule has 4 heteroatoms. The Labute approximate surface area is 126 Å². The van der Waals surface area contributed by atoms with Gasteiger partial charge in [-0.15, -0.1) is 0 Å². The van der Waals surface area contributed by atoms with Gasteiger partial charge in [0.15, 0.2) is 0 Å². The van der Waals surface area contributed by atoms with Crippen LogP contribution in [0.25, 0.3) is 0 Å².